The number of rotatable bonds is 4. The molecule has 0 saturated heterocycles. The van der Waals surface area contributed by atoms with Crippen molar-refractivity contribution in [3.8, 4) is 6.07 Å². The zero-order valence-corrected chi connectivity index (χ0v) is 8.85. The Balaban J connectivity index is 2.20. The standard InChI is InChI=1S/C12H12N2O2/c13-8-4-1-5-9-14-10-6-2-3-7-11(10)16-12(14)15/h2-3,6-7H,1,4-5,9H2. The first-order chi connectivity index (χ1) is 7.83. The molecule has 0 atom stereocenters. The second-order valence-electron chi connectivity index (χ2n) is 3.60. The molecule has 0 radical (unpaired) electrons. The van der Waals surface area contributed by atoms with Crippen LogP contribution in [0.15, 0.2) is 33.5 Å². The molecule has 0 aliphatic heterocycles. The fourth-order valence-electron chi connectivity index (χ4n) is 1.70. The van der Waals surface area contributed by atoms with Crippen LogP contribution in [0, 0.1) is 11.3 Å². The van der Waals surface area contributed by atoms with Gasteiger partial charge >= 0.3 is 5.76 Å². The molecule has 82 valence electrons. The molecule has 1 heterocycles. The monoisotopic (exact) mass is 216 g/mol. The molecule has 4 nitrogen and oxygen atoms in total. The summed E-state index contributed by atoms with van der Waals surface area (Å²) in [6.45, 7) is 0.609. The van der Waals surface area contributed by atoms with Gasteiger partial charge < -0.3 is 4.42 Å². The Morgan fingerprint density at radius 1 is 1.31 bits per heavy atom. The van der Waals surface area contributed by atoms with Crippen LogP contribution < -0.4 is 5.76 Å². The number of oxazole rings is 1. The second-order valence-corrected chi connectivity index (χ2v) is 3.60. The van der Waals surface area contributed by atoms with Crippen LogP contribution in [0.1, 0.15) is 19.3 Å². The Labute approximate surface area is 92.7 Å². The van der Waals surface area contributed by atoms with Crippen molar-refractivity contribution in [2.24, 2.45) is 0 Å². The van der Waals surface area contributed by atoms with E-state index in [0.29, 0.717) is 18.5 Å². The Hall–Kier alpha value is -2.02. The molecule has 0 spiro atoms. The molecule has 0 amide bonds. The SMILES string of the molecule is N#CCCCCn1c(=O)oc2ccccc21. The summed E-state index contributed by atoms with van der Waals surface area (Å²) in [4.78, 5) is 11.5. The topological polar surface area (TPSA) is 58.9 Å². The van der Waals surface area contributed by atoms with Crippen molar-refractivity contribution in [2.75, 3.05) is 0 Å². The maximum absolute atomic E-state index is 11.5. The minimum atomic E-state index is -0.321. The van der Waals surface area contributed by atoms with Gasteiger partial charge in [-0.2, -0.15) is 5.26 Å². The number of aryl methyl sites for hydroxylation is 1. The van der Waals surface area contributed by atoms with Gasteiger partial charge in [0, 0.05) is 13.0 Å². The lowest BCUT2D eigenvalue weighted by atomic mass is 10.2. The number of hydrogen-bond acceptors (Lipinski definition) is 3. The Bertz CT molecular complexity index is 574. The molecule has 0 unspecified atom stereocenters. The van der Waals surface area contributed by atoms with Gasteiger partial charge in [0.25, 0.3) is 0 Å². The third kappa shape index (κ3) is 1.98. The fourth-order valence-corrected chi connectivity index (χ4v) is 1.70. The summed E-state index contributed by atoms with van der Waals surface area (Å²) < 4.78 is 6.72. The Morgan fingerprint density at radius 2 is 2.12 bits per heavy atom. The van der Waals surface area contributed by atoms with Crippen molar-refractivity contribution < 1.29 is 4.42 Å². The lowest BCUT2D eigenvalue weighted by molar-refractivity contribution is 0.493. The Kier molecular flexibility index (Phi) is 3.06. The molecule has 0 saturated carbocycles. The zero-order chi connectivity index (χ0) is 11.4. The summed E-state index contributed by atoms with van der Waals surface area (Å²) >= 11 is 0. The van der Waals surface area contributed by atoms with E-state index in [-0.39, 0.29) is 5.76 Å². The highest BCUT2D eigenvalue weighted by molar-refractivity contribution is 5.72. The van der Waals surface area contributed by atoms with Crippen LogP contribution in [-0.4, -0.2) is 4.57 Å². The third-order valence-electron chi connectivity index (χ3n) is 2.49. The molecule has 0 N–H and O–H groups in total. The highest BCUT2D eigenvalue weighted by atomic mass is 16.4. The molecular weight excluding hydrogens is 204 g/mol. The molecule has 0 aliphatic carbocycles. The van der Waals surface area contributed by atoms with Gasteiger partial charge in [0.2, 0.25) is 0 Å². The van der Waals surface area contributed by atoms with Gasteiger partial charge in [0.15, 0.2) is 5.58 Å². The van der Waals surface area contributed by atoms with Crippen LogP contribution in [0.2, 0.25) is 0 Å². The number of fused-ring (bicyclic) bond motifs is 1. The van der Waals surface area contributed by atoms with Crippen LogP contribution in [0.5, 0.6) is 0 Å². The van der Waals surface area contributed by atoms with Crippen LogP contribution >= 0.6 is 0 Å². The van der Waals surface area contributed by atoms with Gasteiger partial charge in [0.05, 0.1) is 11.6 Å². The molecule has 0 fully saturated rings. The second kappa shape index (κ2) is 4.67. The lowest BCUT2D eigenvalue weighted by Crippen LogP contribution is -2.13. The van der Waals surface area contributed by atoms with Gasteiger partial charge in [-0.3, -0.25) is 4.57 Å². The third-order valence-corrected chi connectivity index (χ3v) is 2.49. The van der Waals surface area contributed by atoms with E-state index >= 15 is 0 Å². The van der Waals surface area contributed by atoms with Crippen molar-refractivity contribution in [1.82, 2.24) is 4.57 Å². The van der Waals surface area contributed by atoms with Crippen LogP contribution in [-0.2, 0) is 6.54 Å². The van der Waals surface area contributed by atoms with E-state index in [0.717, 1.165) is 18.4 Å². The van der Waals surface area contributed by atoms with E-state index in [1.165, 1.54) is 0 Å². The first-order valence-corrected chi connectivity index (χ1v) is 5.28. The molecule has 0 bridgehead atoms. The summed E-state index contributed by atoms with van der Waals surface area (Å²) in [5, 5.41) is 8.41. The average molecular weight is 216 g/mol. The van der Waals surface area contributed by atoms with Crippen molar-refractivity contribution in [1.29, 1.82) is 5.26 Å². The maximum atomic E-state index is 11.5. The Morgan fingerprint density at radius 3 is 2.94 bits per heavy atom. The van der Waals surface area contributed by atoms with Crippen molar-refractivity contribution in [2.45, 2.75) is 25.8 Å². The summed E-state index contributed by atoms with van der Waals surface area (Å²) in [7, 11) is 0. The summed E-state index contributed by atoms with van der Waals surface area (Å²) in [5.41, 5.74) is 1.44. The minimum Gasteiger partial charge on any atom is -0.408 e. The molecule has 1 aromatic heterocycles. The average Bonchev–Trinajstić information content (AvgIpc) is 2.61. The fraction of sp³-hybridized carbons (Fsp3) is 0.333. The normalized spacial score (nSPS) is 10.4. The van der Waals surface area contributed by atoms with E-state index in [9.17, 15) is 4.79 Å². The number of para-hydroxylation sites is 2. The molecule has 16 heavy (non-hydrogen) atoms. The van der Waals surface area contributed by atoms with E-state index in [1.54, 1.807) is 10.6 Å². The van der Waals surface area contributed by atoms with Crippen LogP contribution in [0.25, 0.3) is 11.1 Å². The molecule has 0 aliphatic rings. The van der Waals surface area contributed by atoms with Crippen LogP contribution in [0.4, 0.5) is 0 Å². The largest absolute Gasteiger partial charge is 0.419 e. The van der Waals surface area contributed by atoms with Crippen LogP contribution in [0.3, 0.4) is 0 Å². The minimum absolute atomic E-state index is 0.321. The molecule has 4 heteroatoms. The predicted octanol–water partition coefficient (Wildman–Crippen LogP) is 2.29. The van der Waals surface area contributed by atoms with E-state index in [2.05, 4.69) is 6.07 Å². The summed E-state index contributed by atoms with van der Waals surface area (Å²) in [5.74, 6) is -0.321. The quantitative estimate of drug-likeness (QED) is 0.737. The molecule has 2 aromatic rings. The molecule has 2 rings (SSSR count). The van der Waals surface area contributed by atoms with E-state index in [4.69, 9.17) is 9.68 Å². The van der Waals surface area contributed by atoms with E-state index < -0.39 is 0 Å². The molecule has 1 aromatic carbocycles. The smallest absolute Gasteiger partial charge is 0.408 e. The number of aromatic nitrogens is 1. The highest BCUT2D eigenvalue weighted by Crippen LogP contribution is 2.12. The lowest BCUT2D eigenvalue weighted by Gasteiger charge is -1.99. The van der Waals surface area contributed by atoms with Gasteiger partial charge in [-0.15, -0.1) is 0 Å². The zero-order valence-electron chi connectivity index (χ0n) is 8.85. The van der Waals surface area contributed by atoms with Crippen molar-refractivity contribution in [3.63, 3.8) is 0 Å². The van der Waals surface area contributed by atoms with Crippen molar-refractivity contribution in [3.05, 3.63) is 34.8 Å². The summed E-state index contributed by atoms with van der Waals surface area (Å²) in [6.07, 6.45) is 2.16. The van der Waals surface area contributed by atoms with Gasteiger partial charge in [-0.05, 0) is 25.0 Å². The number of hydrogen-bond donors (Lipinski definition) is 0. The van der Waals surface area contributed by atoms with E-state index in [1.807, 2.05) is 18.2 Å². The maximum Gasteiger partial charge on any atom is 0.419 e. The first-order valence-electron chi connectivity index (χ1n) is 5.28. The number of nitrogens with zero attached hydrogens (tertiary/aromatic N) is 2. The summed E-state index contributed by atoms with van der Waals surface area (Å²) in [6, 6.07) is 9.45. The number of benzene rings is 1. The highest BCUT2D eigenvalue weighted by Gasteiger charge is 2.07. The predicted molar refractivity (Wildman–Crippen MR) is 59.9 cm³/mol. The van der Waals surface area contributed by atoms with Gasteiger partial charge in [-0.1, -0.05) is 12.1 Å². The van der Waals surface area contributed by atoms with Gasteiger partial charge in [0.1, 0.15) is 0 Å². The number of nitriles is 1. The first kappa shape index (κ1) is 10.5. The molecular formula is C12H12N2O2. The van der Waals surface area contributed by atoms with Crippen molar-refractivity contribution >= 4 is 11.1 Å². The van der Waals surface area contributed by atoms with Gasteiger partial charge in [-0.25, -0.2) is 4.79 Å². The number of unbranched alkanes of at least 4 members (excludes halogenated alkanes) is 2.